The van der Waals surface area contributed by atoms with E-state index in [4.69, 9.17) is 17.3 Å². The Morgan fingerprint density at radius 3 is 2.61 bits per heavy atom. The van der Waals surface area contributed by atoms with E-state index in [9.17, 15) is 0 Å². The van der Waals surface area contributed by atoms with Gasteiger partial charge >= 0.3 is 0 Å². The zero-order valence-corrected chi connectivity index (χ0v) is 10.8. The molecule has 0 fully saturated rings. The monoisotopic (exact) mass is 258 g/mol. The van der Waals surface area contributed by atoms with Crippen LogP contribution in [0.4, 0.5) is 5.69 Å². The molecule has 1 atom stereocenters. The molecule has 0 radical (unpaired) electrons. The largest absolute Gasteiger partial charge is 0.365 e. The van der Waals surface area contributed by atoms with Gasteiger partial charge in [-0.05, 0) is 29.3 Å². The Kier molecular flexibility index (Phi) is 2.98. The lowest BCUT2D eigenvalue weighted by atomic mass is 10.1. The summed E-state index contributed by atoms with van der Waals surface area (Å²) in [5.74, 6) is 0. The van der Waals surface area contributed by atoms with Crippen molar-refractivity contribution in [2.75, 3.05) is 11.4 Å². The lowest BCUT2D eigenvalue weighted by molar-refractivity contribution is 0.720. The van der Waals surface area contributed by atoms with Crippen LogP contribution < -0.4 is 10.6 Å². The van der Waals surface area contributed by atoms with Crippen molar-refractivity contribution < 1.29 is 0 Å². The first-order valence-corrected chi connectivity index (χ1v) is 6.46. The predicted molar refractivity (Wildman–Crippen MR) is 75.9 cm³/mol. The highest BCUT2D eigenvalue weighted by Crippen LogP contribution is 2.34. The summed E-state index contributed by atoms with van der Waals surface area (Å²) in [6.45, 7) is 1.75. The smallest absolute Gasteiger partial charge is 0.0493 e. The molecule has 0 saturated carbocycles. The molecule has 1 heterocycles. The normalized spacial score (nSPS) is 17.9. The fraction of sp³-hybridized carbons (Fsp3) is 0.200. The molecule has 3 rings (SSSR count). The summed E-state index contributed by atoms with van der Waals surface area (Å²) in [6, 6.07) is 16.5. The molecule has 0 spiro atoms. The van der Waals surface area contributed by atoms with Crippen molar-refractivity contribution in [1.29, 1.82) is 0 Å². The van der Waals surface area contributed by atoms with Gasteiger partial charge in [-0.15, -0.1) is 0 Å². The fourth-order valence-corrected chi connectivity index (χ4v) is 2.61. The van der Waals surface area contributed by atoms with E-state index in [1.807, 2.05) is 18.2 Å². The van der Waals surface area contributed by atoms with Gasteiger partial charge in [0.1, 0.15) is 0 Å². The maximum Gasteiger partial charge on any atom is 0.0493 e. The third-order valence-electron chi connectivity index (χ3n) is 3.38. The molecule has 1 aliphatic rings. The van der Waals surface area contributed by atoms with Crippen LogP contribution in [0.5, 0.6) is 0 Å². The SMILES string of the molecule is N[C@H]1CN(Cc2ccc(Cl)cc2)c2ccccc21. The molecule has 3 heteroatoms. The Balaban J connectivity index is 1.85. The molecule has 0 aliphatic carbocycles. The molecular formula is C15H15ClN2. The third-order valence-corrected chi connectivity index (χ3v) is 3.63. The Bertz CT molecular complexity index is 551. The van der Waals surface area contributed by atoms with Crippen LogP contribution in [0.25, 0.3) is 0 Å². The van der Waals surface area contributed by atoms with E-state index in [1.54, 1.807) is 0 Å². The van der Waals surface area contributed by atoms with E-state index in [-0.39, 0.29) is 6.04 Å². The van der Waals surface area contributed by atoms with E-state index >= 15 is 0 Å². The molecular weight excluding hydrogens is 244 g/mol. The molecule has 0 amide bonds. The van der Waals surface area contributed by atoms with E-state index < -0.39 is 0 Å². The minimum absolute atomic E-state index is 0.119. The van der Waals surface area contributed by atoms with Gasteiger partial charge in [0.15, 0.2) is 0 Å². The molecule has 2 aromatic rings. The van der Waals surface area contributed by atoms with Crippen molar-refractivity contribution >= 4 is 17.3 Å². The van der Waals surface area contributed by atoms with Gasteiger partial charge < -0.3 is 10.6 Å². The summed E-state index contributed by atoms with van der Waals surface area (Å²) in [6.07, 6.45) is 0. The second-order valence-electron chi connectivity index (χ2n) is 4.67. The Morgan fingerprint density at radius 2 is 1.83 bits per heavy atom. The zero-order valence-electron chi connectivity index (χ0n) is 10.0. The molecule has 92 valence electrons. The van der Waals surface area contributed by atoms with Crippen molar-refractivity contribution in [2.45, 2.75) is 12.6 Å². The quantitative estimate of drug-likeness (QED) is 0.895. The first-order chi connectivity index (χ1) is 8.74. The molecule has 1 aliphatic heterocycles. The Morgan fingerprint density at radius 1 is 1.11 bits per heavy atom. The van der Waals surface area contributed by atoms with Gasteiger partial charge in [0.25, 0.3) is 0 Å². The van der Waals surface area contributed by atoms with Crippen LogP contribution in [0.15, 0.2) is 48.5 Å². The minimum atomic E-state index is 0.119. The lowest BCUT2D eigenvalue weighted by Gasteiger charge is -2.19. The van der Waals surface area contributed by atoms with Gasteiger partial charge in [0, 0.05) is 29.8 Å². The molecule has 0 saturated heterocycles. The van der Waals surface area contributed by atoms with Crippen LogP contribution in [0, 0.1) is 0 Å². The number of anilines is 1. The van der Waals surface area contributed by atoms with Crippen LogP contribution in [0.3, 0.4) is 0 Å². The van der Waals surface area contributed by atoms with Crippen LogP contribution in [-0.4, -0.2) is 6.54 Å². The van der Waals surface area contributed by atoms with Crippen molar-refractivity contribution in [2.24, 2.45) is 5.73 Å². The molecule has 0 bridgehead atoms. The molecule has 2 N–H and O–H groups in total. The highest BCUT2D eigenvalue weighted by Gasteiger charge is 2.24. The first-order valence-electron chi connectivity index (χ1n) is 6.08. The van der Waals surface area contributed by atoms with Crippen LogP contribution >= 0.6 is 11.6 Å². The molecule has 0 unspecified atom stereocenters. The maximum absolute atomic E-state index is 6.15. The second kappa shape index (κ2) is 4.63. The molecule has 18 heavy (non-hydrogen) atoms. The number of para-hydroxylation sites is 1. The standard InChI is InChI=1S/C15H15ClN2/c16-12-7-5-11(6-8-12)9-18-10-14(17)13-3-1-2-4-15(13)18/h1-8,14H,9-10,17H2/t14-/m0/s1. The summed E-state index contributed by atoms with van der Waals surface area (Å²) in [7, 11) is 0. The average molecular weight is 259 g/mol. The number of nitrogens with zero attached hydrogens (tertiary/aromatic N) is 1. The van der Waals surface area contributed by atoms with Gasteiger partial charge in [-0.1, -0.05) is 41.9 Å². The fourth-order valence-electron chi connectivity index (χ4n) is 2.48. The maximum atomic E-state index is 6.15. The lowest BCUT2D eigenvalue weighted by Crippen LogP contribution is -2.23. The van der Waals surface area contributed by atoms with Gasteiger partial charge in [0.05, 0.1) is 0 Å². The number of hydrogen-bond acceptors (Lipinski definition) is 2. The van der Waals surface area contributed by atoms with Gasteiger partial charge in [-0.25, -0.2) is 0 Å². The van der Waals surface area contributed by atoms with Crippen molar-refractivity contribution in [1.82, 2.24) is 0 Å². The van der Waals surface area contributed by atoms with Crippen molar-refractivity contribution in [3.05, 3.63) is 64.7 Å². The molecule has 2 aromatic carbocycles. The van der Waals surface area contributed by atoms with Crippen molar-refractivity contribution in [3.8, 4) is 0 Å². The van der Waals surface area contributed by atoms with Crippen molar-refractivity contribution in [3.63, 3.8) is 0 Å². The number of rotatable bonds is 2. The van der Waals surface area contributed by atoms with E-state index in [2.05, 4.69) is 35.2 Å². The van der Waals surface area contributed by atoms with Crippen LogP contribution in [0.1, 0.15) is 17.2 Å². The molecule has 2 nitrogen and oxygen atoms in total. The van der Waals surface area contributed by atoms with Crippen LogP contribution in [-0.2, 0) is 6.54 Å². The van der Waals surface area contributed by atoms with Crippen LogP contribution in [0.2, 0.25) is 5.02 Å². The highest BCUT2D eigenvalue weighted by atomic mass is 35.5. The average Bonchev–Trinajstić information content (AvgIpc) is 2.70. The number of fused-ring (bicyclic) bond motifs is 1. The van der Waals surface area contributed by atoms with Gasteiger partial charge in [-0.2, -0.15) is 0 Å². The number of benzene rings is 2. The summed E-state index contributed by atoms with van der Waals surface area (Å²) >= 11 is 5.90. The Hall–Kier alpha value is -1.51. The van der Waals surface area contributed by atoms with Gasteiger partial charge in [0.2, 0.25) is 0 Å². The topological polar surface area (TPSA) is 29.3 Å². The minimum Gasteiger partial charge on any atom is -0.365 e. The number of nitrogens with two attached hydrogens (primary N) is 1. The summed E-state index contributed by atoms with van der Waals surface area (Å²) in [5, 5.41) is 0.775. The highest BCUT2D eigenvalue weighted by molar-refractivity contribution is 6.30. The second-order valence-corrected chi connectivity index (χ2v) is 5.11. The van der Waals surface area contributed by atoms with E-state index in [0.29, 0.717) is 0 Å². The predicted octanol–water partition coefficient (Wildman–Crippen LogP) is 3.36. The van der Waals surface area contributed by atoms with Gasteiger partial charge in [-0.3, -0.25) is 0 Å². The zero-order chi connectivity index (χ0) is 12.5. The first kappa shape index (κ1) is 11.6. The summed E-state index contributed by atoms with van der Waals surface area (Å²) in [5.41, 5.74) is 9.90. The third kappa shape index (κ3) is 2.09. The van der Waals surface area contributed by atoms with E-state index in [1.165, 1.54) is 16.8 Å². The van der Waals surface area contributed by atoms with E-state index in [0.717, 1.165) is 18.1 Å². The summed E-state index contributed by atoms with van der Waals surface area (Å²) in [4.78, 5) is 2.32. The number of hydrogen-bond donors (Lipinski definition) is 1. The Labute approximate surface area is 112 Å². The summed E-state index contributed by atoms with van der Waals surface area (Å²) < 4.78 is 0. The molecule has 0 aromatic heterocycles. The number of halogens is 1.